The number of carbonyl (C=O) groups is 2. The van der Waals surface area contributed by atoms with Crippen LogP contribution < -0.4 is 10.1 Å². The summed E-state index contributed by atoms with van der Waals surface area (Å²) in [6.45, 7) is 0.525. The zero-order valence-corrected chi connectivity index (χ0v) is 18.1. The lowest BCUT2D eigenvalue weighted by Crippen LogP contribution is -2.15. The minimum absolute atomic E-state index is 0.264. The molecular weight excluding hydrogens is 446 g/mol. The lowest BCUT2D eigenvalue weighted by molar-refractivity contribution is 0.0602. The Balaban J connectivity index is 1.80. The van der Waals surface area contributed by atoms with E-state index in [0.717, 1.165) is 22.9 Å². The highest BCUT2D eigenvalue weighted by Gasteiger charge is 2.16. The van der Waals surface area contributed by atoms with Gasteiger partial charge in [0, 0.05) is 17.0 Å². The number of hydrogen-bond donors (Lipinski definition) is 1. The van der Waals surface area contributed by atoms with E-state index in [1.807, 2.05) is 42.5 Å². The van der Waals surface area contributed by atoms with Crippen LogP contribution in [0.3, 0.4) is 0 Å². The van der Waals surface area contributed by atoms with Crippen molar-refractivity contribution in [1.82, 2.24) is 0 Å². The van der Waals surface area contributed by atoms with Gasteiger partial charge in [-0.1, -0.05) is 58.4 Å². The fourth-order valence-corrected chi connectivity index (χ4v) is 3.12. The molecule has 3 aromatic rings. The number of benzene rings is 3. The second-order valence-corrected chi connectivity index (χ2v) is 7.28. The topological polar surface area (TPSA) is 64.6 Å². The maximum absolute atomic E-state index is 12.8. The molecule has 6 heteroatoms. The van der Waals surface area contributed by atoms with E-state index < -0.39 is 5.97 Å². The first kappa shape index (κ1) is 21.6. The van der Waals surface area contributed by atoms with Crippen molar-refractivity contribution in [3.8, 4) is 16.9 Å². The van der Waals surface area contributed by atoms with Gasteiger partial charge in [0.2, 0.25) is 0 Å². The SMILES string of the molecule is COC(=O)c1ccc(OCCCBr)cc1NC(=O)c1ccc(-c2ccccc2)cc1. The molecule has 0 aliphatic carbocycles. The molecule has 0 aliphatic rings. The van der Waals surface area contributed by atoms with Gasteiger partial charge in [0.15, 0.2) is 0 Å². The van der Waals surface area contributed by atoms with Crippen LogP contribution in [0.2, 0.25) is 0 Å². The van der Waals surface area contributed by atoms with Crippen LogP contribution in [0.25, 0.3) is 11.1 Å². The van der Waals surface area contributed by atoms with Crippen molar-refractivity contribution < 1.29 is 19.1 Å². The van der Waals surface area contributed by atoms with Gasteiger partial charge in [0.1, 0.15) is 5.75 Å². The lowest BCUT2D eigenvalue weighted by atomic mass is 10.0. The van der Waals surface area contributed by atoms with Crippen molar-refractivity contribution in [2.45, 2.75) is 6.42 Å². The van der Waals surface area contributed by atoms with Crippen molar-refractivity contribution >= 4 is 33.5 Å². The van der Waals surface area contributed by atoms with E-state index in [4.69, 9.17) is 9.47 Å². The second kappa shape index (κ2) is 10.6. The van der Waals surface area contributed by atoms with Gasteiger partial charge in [-0.15, -0.1) is 0 Å². The third-order valence-corrected chi connectivity index (χ3v) is 5.01. The number of ether oxygens (including phenoxy) is 2. The molecule has 0 aromatic heterocycles. The fraction of sp³-hybridized carbons (Fsp3) is 0.167. The van der Waals surface area contributed by atoms with Crippen molar-refractivity contribution in [2.24, 2.45) is 0 Å². The van der Waals surface area contributed by atoms with Crippen molar-refractivity contribution in [1.29, 1.82) is 0 Å². The Labute approximate surface area is 184 Å². The van der Waals surface area contributed by atoms with Gasteiger partial charge >= 0.3 is 5.97 Å². The Morgan fingerprint density at radius 1 is 0.933 bits per heavy atom. The monoisotopic (exact) mass is 467 g/mol. The molecule has 0 saturated carbocycles. The number of methoxy groups -OCH3 is 1. The number of amides is 1. The van der Waals surface area contributed by atoms with Crippen LogP contribution in [0.15, 0.2) is 72.8 Å². The third-order valence-electron chi connectivity index (χ3n) is 4.45. The van der Waals surface area contributed by atoms with Crippen LogP contribution in [0.1, 0.15) is 27.1 Å². The number of hydrogen-bond acceptors (Lipinski definition) is 4. The predicted molar refractivity (Wildman–Crippen MR) is 122 cm³/mol. The molecule has 0 fully saturated rings. The Hall–Kier alpha value is -3.12. The quantitative estimate of drug-likeness (QED) is 0.267. The summed E-state index contributed by atoms with van der Waals surface area (Å²) in [7, 11) is 1.30. The molecule has 3 aromatic carbocycles. The number of anilines is 1. The van der Waals surface area contributed by atoms with Crippen molar-refractivity contribution in [3.05, 3.63) is 83.9 Å². The number of carbonyl (C=O) groups excluding carboxylic acids is 2. The maximum atomic E-state index is 12.8. The smallest absolute Gasteiger partial charge is 0.339 e. The highest BCUT2D eigenvalue weighted by molar-refractivity contribution is 9.09. The molecule has 3 rings (SSSR count). The highest BCUT2D eigenvalue weighted by atomic mass is 79.9. The summed E-state index contributed by atoms with van der Waals surface area (Å²) in [5, 5.41) is 3.63. The molecule has 0 radical (unpaired) electrons. The van der Waals surface area contributed by atoms with E-state index in [1.54, 1.807) is 30.3 Å². The minimum atomic E-state index is -0.531. The molecule has 0 aliphatic heterocycles. The highest BCUT2D eigenvalue weighted by Crippen LogP contribution is 2.25. The molecule has 0 bridgehead atoms. The fourth-order valence-electron chi connectivity index (χ4n) is 2.89. The average molecular weight is 468 g/mol. The zero-order chi connectivity index (χ0) is 21.3. The van der Waals surface area contributed by atoms with E-state index in [2.05, 4.69) is 21.2 Å². The van der Waals surface area contributed by atoms with E-state index in [0.29, 0.717) is 23.6 Å². The Kier molecular flexibility index (Phi) is 7.63. The van der Waals surface area contributed by atoms with Crippen LogP contribution in [0.4, 0.5) is 5.69 Å². The molecule has 0 spiro atoms. The molecule has 0 saturated heterocycles. The van der Waals surface area contributed by atoms with Crippen LogP contribution in [-0.4, -0.2) is 30.9 Å². The van der Waals surface area contributed by atoms with Gasteiger partial charge < -0.3 is 14.8 Å². The number of alkyl halides is 1. The lowest BCUT2D eigenvalue weighted by Gasteiger charge is -2.13. The first-order valence-electron chi connectivity index (χ1n) is 9.50. The molecule has 1 N–H and O–H groups in total. The summed E-state index contributed by atoms with van der Waals surface area (Å²) in [4.78, 5) is 24.9. The molecular formula is C24H22BrNO4. The van der Waals surface area contributed by atoms with Gasteiger partial charge in [-0.3, -0.25) is 4.79 Å². The third kappa shape index (κ3) is 5.48. The van der Waals surface area contributed by atoms with E-state index in [1.165, 1.54) is 7.11 Å². The van der Waals surface area contributed by atoms with Gasteiger partial charge in [-0.25, -0.2) is 4.79 Å². The van der Waals surface area contributed by atoms with Crippen molar-refractivity contribution in [3.63, 3.8) is 0 Å². The summed E-state index contributed by atoms with van der Waals surface area (Å²) >= 11 is 3.36. The van der Waals surface area contributed by atoms with Crippen LogP contribution >= 0.6 is 15.9 Å². The number of esters is 1. The maximum Gasteiger partial charge on any atom is 0.339 e. The van der Waals surface area contributed by atoms with Crippen LogP contribution in [-0.2, 0) is 4.74 Å². The summed E-state index contributed by atoms with van der Waals surface area (Å²) in [5.74, 6) is -0.285. The van der Waals surface area contributed by atoms with Gasteiger partial charge in [0.25, 0.3) is 5.91 Å². The normalized spacial score (nSPS) is 10.3. The minimum Gasteiger partial charge on any atom is -0.493 e. The molecule has 154 valence electrons. The molecule has 5 nitrogen and oxygen atoms in total. The second-order valence-electron chi connectivity index (χ2n) is 6.49. The summed E-state index contributed by atoms with van der Waals surface area (Å²) in [6, 6.07) is 22.1. The molecule has 30 heavy (non-hydrogen) atoms. The van der Waals surface area contributed by atoms with Gasteiger partial charge in [-0.2, -0.15) is 0 Å². The van der Waals surface area contributed by atoms with Crippen molar-refractivity contribution in [2.75, 3.05) is 24.4 Å². The van der Waals surface area contributed by atoms with E-state index in [-0.39, 0.29) is 11.5 Å². The Morgan fingerprint density at radius 3 is 2.30 bits per heavy atom. The number of halogens is 1. The van der Waals surface area contributed by atoms with Crippen LogP contribution in [0, 0.1) is 0 Å². The van der Waals surface area contributed by atoms with E-state index >= 15 is 0 Å². The molecule has 0 atom stereocenters. The first-order chi connectivity index (χ1) is 14.6. The van der Waals surface area contributed by atoms with Crippen LogP contribution in [0.5, 0.6) is 5.75 Å². The average Bonchev–Trinajstić information content (AvgIpc) is 2.79. The Bertz CT molecular complexity index is 1000. The first-order valence-corrected chi connectivity index (χ1v) is 10.6. The molecule has 0 unspecified atom stereocenters. The summed E-state index contributed by atoms with van der Waals surface area (Å²) < 4.78 is 10.5. The molecule has 1 amide bonds. The summed E-state index contributed by atoms with van der Waals surface area (Å²) in [6.07, 6.45) is 0.841. The standard InChI is InChI=1S/C24H22BrNO4/c1-29-24(28)21-13-12-20(30-15-5-14-25)16-22(21)26-23(27)19-10-8-18(9-11-19)17-6-3-2-4-7-17/h2-4,6-13,16H,5,14-15H2,1H3,(H,26,27). The number of nitrogens with one attached hydrogen (secondary N) is 1. The summed E-state index contributed by atoms with van der Waals surface area (Å²) in [5.41, 5.74) is 3.18. The largest absolute Gasteiger partial charge is 0.493 e. The van der Waals surface area contributed by atoms with Gasteiger partial charge in [-0.05, 0) is 41.8 Å². The molecule has 0 heterocycles. The predicted octanol–water partition coefficient (Wildman–Crippen LogP) is 5.56. The Morgan fingerprint density at radius 2 is 1.63 bits per heavy atom. The number of rotatable bonds is 8. The van der Waals surface area contributed by atoms with E-state index in [9.17, 15) is 9.59 Å². The zero-order valence-electron chi connectivity index (χ0n) is 16.6. The van der Waals surface area contributed by atoms with Gasteiger partial charge in [0.05, 0.1) is 25.0 Å².